The number of hydrogen-bond donors (Lipinski definition) is 1. The fourth-order valence-corrected chi connectivity index (χ4v) is 1.91. The summed E-state index contributed by atoms with van der Waals surface area (Å²) in [6, 6.07) is 1.67. The number of carbonyl (C=O) groups is 1. The van der Waals surface area contributed by atoms with Gasteiger partial charge >= 0.3 is 0 Å². The van der Waals surface area contributed by atoms with Gasteiger partial charge < -0.3 is 19.8 Å². The van der Waals surface area contributed by atoms with Gasteiger partial charge in [-0.25, -0.2) is 0 Å². The van der Waals surface area contributed by atoms with Crippen molar-refractivity contribution in [3.05, 3.63) is 24.2 Å². The van der Waals surface area contributed by atoms with Crippen LogP contribution in [0.25, 0.3) is 0 Å². The highest BCUT2D eigenvalue weighted by molar-refractivity contribution is 5.93. The van der Waals surface area contributed by atoms with Crippen LogP contribution in [0.1, 0.15) is 17.3 Å². The van der Waals surface area contributed by atoms with E-state index in [2.05, 4.69) is 0 Å². The molecule has 1 saturated heterocycles. The Morgan fingerprint density at radius 3 is 3.06 bits per heavy atom. The Balaban J connectivity index is 2.06. The molecule has 1 aliphatic heterocycles. The number of morpholine rings is 1. The van der Waals surface area contributed by atoms with Gasteiger partial charge in [-0.1, -0.05) is 0 Å². The summed E-state index contributed by atoms with van der Waals surface area (Å²) in [7, 11) is 0. The Morgan fingerprint density at radius 1 is 1.62 bits per heavy atom. The highest BCUT2D eigenvalue weighted by Gasteiger charge is 2.28. The maximum absolute atomic E-state index is 12.0. The van der Waals surface area contributed by atoms with Crippen molar-refractivity contribution in [3.63, 3.8) is 0 Å². The topological polar surface area (TPSA) is 68.7 Å². The third kappa shape index (κ3) is 2.25. The van der Waals surface area contributed by atoms with Crippen LogP contribution in [-0.2, 0) is 4.74 Å². The van der Waals surface area contributed by atoms with Crippen LogP contribution in [0.3, 0.4) is 0 Å². The Bertz CT molecular complexity index is 350. The summed E-state index contributed by atoms with van der Waals surface area (Å²) >= 11 is 0. The van der Waals surface area contributed by atoms with Crippen LogP contribution in [0, 0.1) is 0 Å². The summed E-state index contributed by atoms with van der Waals surface area (Å²) < 4.78 is 10.5. The van der Waals surface area contributed by atoms with Crippen molar-refractivity contribution < 1.29 is 13.9 Å². The lowest BCUT2D eigenvalue weighted by atomic mass is 10.2. The second kappa shape index (κ2) is 4.67. The highest BCUT2D eigenvalue weighted by atomic mass is 16.5. The first-order valence-corrected chi connectivity index (χ1v) is 5.37. The summed E-state index contributed by atoms with van der Waals surface area (Å²) in [5.41, 5.74) is 6.14. The molecule has 1 fully saturated rings. The molecule has 2 rings (SSSR count). The van der Waals surface area contributed by atoms with E-state index in [1.807, 2.05) is 6.92 Å². The zero-order valence-electron chi connectivity index (χ0n) is 9.26. The largest absolute Gasteiger partial charge is 0.472 e. The van der Waals surface area contributed by atoms with Crippen molar-refractivity contribution in [2.24, 2.45) is 5.73 Å². The molecule has 1 aliphatic rings. The molecule has 1 amide bonds. The van der Waals surface area contributed by atoms with E-state index >= 15 is 0 Å². The number of hydrogen-bond acceptors (Lipinski definition) is 4. The zero-order chi connectivity index (χ0) is 11.5. The summed E-state index contributed by atoms with van der Waals surface area (Å²) in [6.07, 6.45) is 2.91. The minimum atomic E-state index is -0.0698. The molecule has 2 heterocycles. The van der Waals surface area contributed by atoms with Gasteiger partial charge in [0, 0.05) is 19.6 Å². The van der Waals surface area contributed by atoms with E-state index in [1.165, 1.54) is 12.5 Å². The number of rotatable bonds is 2. The molecule has 5 heteroatoms. The average molecular weight is 224 g/mol. The maximum Gasteiger partial charge on any atom is 0.257 e. The van der Waals surface area contributed by atoms with E-state index in [0.717, 1.165) is 0 Å². The third-order valence-electron chi connectivity index (χ3n) is 2.64. The molecule has 0 radical (unpaired) electrons. The Kier molecular flexibility index (Phi) is 3.26. The molecule has 2 unspecified atom stereocenters. The van der Waals surface area contributed by atoms with E-state index in [0.29, 0.717) is 25.2 Å². The first-order chi connectivity index (χ1) is 7.70. The molecule has 1 aromatic rings. The number of ether oxygens (including phenoxy) is 1. The van der Waals surface area contributed by atoms with Gasteiger partial charge in [0.05, 0.1) is 24.0 Å². The molecule has 0 aliphatic carbocycles. The van der Waals surface area contributed by atoms with Crippen LogP contribution in [0.2, 0.25) is 0 Å². The van der Waals surface area contributed by atoms with Crippen molar-refractivity contribution in [2.45, 2.75) is 19.1 Å². The van der Waals surface area contributed by atoms with Crippen molar-refractivity contribution in [1.82, 2.24) is 4.90 Å². The quantitative estimate of drug-likeness (QED) is 0.792. The van der Waals surface area contributed by atoms with E-state index in [1.54, 1.807) is 11.0 Å². The maximum atomic E-state index is 12.0. The number of nitrogens with two attached hydrogens (primary N) is 1. The first-order valence-electron chi connectivity index (χ1n) is 5.37. The van der Waals surface area contributed by atoms with E-state index in [9.17, 15) is 4.79 Å². The monoisotopic (exact) mass is 224 g/mol. The minimum Gasteiger partial charge on any atom is -0.472 e. The van der Waals surface area contributed by atoms with Crippen molar-refractivity contribution in [3.8, 4) is 0 Å². The predicted molar refractivity (Wildman–Crippen MR) is 58.0 cm³/mol. The lowest BCUT2D eigenvalue weighted by Crippen LogP contribution is -2.51. The standard InChI is InChI=1S/C11H16N2O3/c1-8-5-13(6-10(4-12)16-8)11(14)9-2-3-15-7-9/h2-3,7-8,10H,4-6,12H2,1H3. The van der Waals surface area contributed by atoms with Gasteiger partial charge in [0.1, 0.15) is 6.26 Å². The van der Waals surface area contributed by atoms with Crippen LogP contribution >= 0.6 is 0 Å². The Labute approximate surface area is 94.1 Å². The molecule has 5 nitrogen and oxygen atoms in total. The SMILES string of the molecule is CC1CN(C(=O)c2ccoc2)CC(CN)O1. The molecule has 2 atom stereocenters. The smallest absolute Gasteiger partial charge is 0.257 e. The molecular formula is C11H16N2O3. The average Bonchev–Trinajstić information content (AvgIpc) is 2.80. The zero-order valence-corrected chi connectivity index (χ0v) is 9.26. The lowest BCUT2D eigenvalue weighted by Gasteiger charge is -2.36. The second-order valence-corrected chi connectivity index (χ2v) is 4.03. The normalized spacial score (nSPS) is 25.8. The fourth-order valence-electron chi connectivity index (χ4n) is 1.91. The Hall–Kier alpha value is -1.33. The summed E-state index contributed by atoms with van der Waals surface area (Å²) in [5.74, 6) is -0.0256. The van der Waals surface area contributed by atoms with E-state index < -0.39 is 0 Å². The Morgan fingerprint density at radius 2 is 2.44 bits per heavy atom. The van der Waals surface area contributed by atoms with Crippen molar-refractivity contribution in [2.75, 3.05) is 19.6 Å². The molecule has 0 aromatic carbocycles. The molecular weight excluding hydrogens is 208 g/mol. The second-order valence-electron chi connectivity index (χ2n) is 4.03. The van der Waals surface area contributed by atoms with Crippen LogP contribution < -0.4 is 5.73 Å². The number of carbonyl (C=O) groups excluding carboxylic acids is 1. The molecule has 0 saturated carbocycles. The van der Waals surface area contributed by atoms with Gasteiger partial charge in [0.2, 0.25) is 0 Å². The van der Waals surface area contributed by atoms with Crippen molar-refractivity contribution in [1.29, 1.82) is 0 Å². The van der Waals surface area contributed by atoms with Crippen LogP contribution in [0.5, 0.6) is 0 Å². The van der Waals surface area contributed by atoms with Crippen molar-refractivity contribution >= 4 is 5.91 Å². The molecule has 16 heavy (non-hydrogen) atoms. The molecule has 0 spiro atoms. The molecule has 2 N–H and O–H groups in total. The number of amides is 1. The van der Waals surface area contributed by atoms with Gasteiger partial charge in [0.25, 0.3) is 5.91 Å². The van der Waals surface area contributed by atoms with Crippen LogP contribution in [0.15, 0.2) is 23.0 Å². The fraction of sp³-hybridized carbons (Fsp3) is 0.545. The molecule has 88 valence electrons. The summed E-state index contributed by atoms with van der Waals surface area (Å²) in [4.78, 5) is 13.8. The lowest BCUT2D eigenvalue weighted by molar-refractivity contribution is -0.0625. The van der Waals surface area contributed by atoms with Gasteiger partial charge in [-0.05, 0) is 13.0 Å². The van der Waals surface area contributed by atoms with Gasteiger partial charge in [-0.2, -0.15) is 0 Å². The minimum absolute atomic E-state index is 0.0256. The van der Waals surface area contributed by atoms with E-state index in [-0.39, 0.29) is 18.1 Å². The van der Waals surface area contributed by atoms with Gasteiger partial charge in [0.15, 0.2) is 0 Å². The number of nitrogens with zero attached hydrogens (tertiary/aromatic N) is 1. The molecule has 1 aromatic heterocycles. The first kappa shape index (κ1) is 11.2. The van der Waals surface area contributed by atoms with Crippen LogP contribution in [0.4, 0.5) is 0 Å². The highest BCUT2D eigenvalue weighted by Crippen LogP contribution is 2.14. The number of furan rings is 1. The third-order valence-corrected chi connectivity index (χ3v) is 2.64. The van der Waals surface area contributed by atoms with Gasteiger partial charge in [-0.3, -0.25) is 4.79 Å². The summed E-state index contributed by atoms with van der Waals surface area (Å²) in [5, 5.41) is 0. The van der Waals surface area contributed by atoms with Gasteiger partial charge in [-0.15, -0.1) is 0 Å². The molecule has 0 bridgehead atoms. The predicted octanol–water partition coefficient (Wildman–Crippen LogP) is 0.468. The summed E-state index contributed by atoms with van der Waals surface area (Å²) in [6.45, 7) is 3.52. The van der Waals surface area contributed by atoms with Crippen LogP contribution in [-0.4, -0.2) is 42.6 Å². The van der Waals surface area contributed by atoms with E-state index in [4.69, 9.17) is 14.9 Å².